The van der Waals surface area contributed by atoms with E-state index in [0.717, 1.165) is 12.8 Å². The lowest BCUT2D eigenvalue weighted by Crippen LogP contribution is -2.40. The Labute approximate surface area is 131 Å². The first-order chi connectivity index (χ1) is 10.6. The third kappa shape index (κ3) is 4.56. The standard InChI is InChI=1S/C17H24N2O3/c1-13(21)18-16-11-19(10-15(16)12-20)17(22)9-5-8-14-6-3-2-4-7-14/h2-4,6-7,15-16,20H,5,8-12H2,1H3,(H,18,21). The fourth-order valence-electron chi connectivity index (χ4n) is 2.93. The molecule has 1 aromatic rings. The molecule has 120 valence electrons. The van der Waals surface area contributed by atoms with Gasteiger partial charge in [0.15, 0.2) is 0 Å². The Morgan fingerprint density at radius 3 is 2.64 bits per heavy atom. The Morgan fingerprint density at radius 1 is 1.27 bits per heavy atom. The average Bonchev–Trinajstić information content (AvgIpc) is 2.90. The Balaban J connectivity index is 1.79. The maximum absolute atomic E-state index is 12.3. The zero-order valence-corrected chi connectivity index (χ0v) is 13.0. The summed E-state index contributed by atoms with van der Waals surface area (Å²) in [4.78, 5) is 25.2. The Kier molecular flexibility index (Phi) is 5.95. The second-order valence-electron chi connectivity index (χ2n) is 5.89. The van der Waals surface area contributed by atoms with Gasteiger partial charge in [-0.25, -0.2) is 0 Å². The van der Waals surface area contributed by atoms with Gasteiger partial charge in [-0.1, -0.05) is 30.3 Å². The summed E-state index contributed by atoms with van der Waals surface area (Å²) in [6, 6.07) is 9.98. The molecular weight excluding hydrogens is 280 g/mol. The van der Waals surface area contributed by atoms with Crippen molar-refractivity contribution in [3.8, 4) is 0 Å². The van der Waals surface area contributed by atoms with Crippen molar-refractivity contribution in [3.05, 3.63) is 35.9 Å². The van der Waals surface area contributed by atoms with Crippen LogP contribution in [0.3, 0.4) is 0 Å². The molecule has 0 radical (unpaired) electrons. The predicted molar refractivity (Wildman–Crippen MR) is 84.1 cm³/mol. The fourth-order valence-corrected chi connectivity index (χ4v) is 2.93. The van der Waals surface area contributed by atoms with Crippen LogP contribution < -0.4 is 5.32 Å². The first-order valence-electron chi connectivity index (χ1n) is 7.80. The van der Waals surface area contributed by atoms with Crippen LogP contribution in [0.15, 0.2) is 30.3 Å². The van der Waals surface area contributed by atoms with Crippen LogP contribution in [0.5, 0.6) is 0 Å². The molecule has 1 aromatic carbocycles. The molecule has 2 amide bonds. The Morgan fingerprint density at radius 2 is 2.00 bits per heavy atom. The molecule has 5 nitrogen and oxygen atoms in total. The number of likely N-dealkylation sites (tertiary alicyclic amines) is 1. The molecule has 1 saturated heterocycles. The normalized spacial score (nSPS) is 20.9. The number of nitrogens with zero attached hydrogens (tertiary/aromatic N) is 1. The van der Waals surface area contributed by atoms with Crippen LogP contribution in [0.2, 0.25) is 0 Å². The van der Waals surface area contributed by atoms with Crippen LogP contribution in [0.4, 0.5) is 0 Å². The Bertz CT molecular complexity index is 504. The lowest BCUT2D eigenvalue weighted by Gasteiger charge is -2.17. The number of amides is 2. The summed E-state index contributed by atoms with van der Waals surface area (Å²) in [5.74, 6) is -0.0916. The van der Waals surface area contributed by atoms with Gasteiger partial charge in [0.25, 0.3) is 0 Å². The fraction of sp³-hybridized carbons (Fsp3) is 0.529. The number of benzene rings is 1. The molecule has 0 saturated carbocycles. The predicted octanol–water partition coefficient (Wildman–Crippen LogP) is 0.965. The van der Waals surface area contributed by atoms with E-state index in [1.165, 1.54) is 12.5 Å². The van der Waals surface area contributed by atoms with E-state index in [-0.39, 0.29) is 30.4 Å². The summed E-state index contributed by atoms with van der Waals surface area (Å²) in [6.45, 7) is 2.46. The van der Waals surface area contributed by atoms with E-state index in [1.54, 1.807) is 4.90 Å². The van der Waals surface area contributed by atoms with E-state index >= 15 is 0 Å². The van der Waals surface area contributed by atoms with E-state index < -0.39 is 0 Å². The van der Waals surface area contributed by atoms with Gasteiger partial charge in [0, 0.05) is 39.0 Å². The van der Waals surface area contributed by atoms with E-state index in [0.29, 0.717) is 19.5 Å². The number of carbonyl (C=O) groups excluding carboxylic acids is 2. The van der Waals surface area contributed by atoms with Gasteiger partial charge in [-0.05, 0) is 18.4 Å². The van der Waals surface area contributed by atoms with Crippen molar-refractivity contribution in [1.29, 1.82) is 0 Å². The molecule has 1 aliphatic heterocycles. The van der Waals surface area contributed by atoms with Gasteiger partial charge in [-0.3, -0.25) is 9.59 Å². The third-order valence-corrected chi connectivity index (χ3v) is 4.12. The van der Waals surface area contributed by atoms with Gasteiger partial charge in [-0.2, -0.15) is 0 Å². The lowest BCUT2D eigenvalue weighted by molar-refractivity contribution is -0.130. The second kappa shape index (κ2) is 7.94. The molecular formula is C17H24N2O3. The highest BCUT2D eigenvalue weighted by atomic mass is 16.3. The van der Waals surface area contributed by atoms with Crippen molar-refractivity contribution < 1.29 is 14.7 Å². The van der Waals surface area contributed by atoms with E-state index in [2.05, 4.69) is 17.4 Å². The molecule has 0 aliphatic carbocycles. The summed E-state index contributed by atoms with van der Waals surface area (Å²) < 4.78 is 0. The van der Waals surface area contributed by atoms with Gasteiger partial charge in [0.05, 0.1) is 6.04 Å². The number of carbonyl (C=O) groups is 2. The number of aliphatic hydroxyl groups is 1. The maximum atomic E-state index is 12.3. The minimum Gasteiger partial charge on any atom is -0.396 e. The average molecular weight is 304 g/mol. The van der Waals surface area contributed by atoms with Crippen LogP contribution in [0.25, 0.3) is 0 Å². The quantitative estimate of drug-likeness (QED) is 0.822. The minimum absolute atomic E-state index is 0.0151. The van der Waals surface area contributed by atoms with Gasteiger partial charge >= 0.3 is 0 Å². The summed E-state index contributed by atoms with van der Waals surface area (Å²) in [5.41, 5.74) is 1.24. The monoisotopic (exact) mass is 304 g/mol. The SMILES string of the molecule is CC(=O)NC1CN(C(=O)CCCc2ccccc2)CC1CO. The number of aliphatic hydroxyl groups excluding tert-OH is 1. The molecule has 5 heteroatoms. The van der Waals surface area contributed by atoms with E-state index in [4.69, 9.17) is 0 Å². The topological polar surface area (TPSA) is 69.6 Å². The second-order valence-corrected chi connectivity index (χ2v) is 5.89. The van der Waals surface area contributed by atoms with E-state index in [1.807, 2.05) is 18.2 Å². The van der Waals surface area contributed by atoms with Crippen LogP contribution in [-0.4, -0.2) is 47.6 Å². The van der Waals surface area contributed by atoms with Crippen LogP contribution in [0.1, 0.15) is 25.3 Å². The summed E-state index contributed by atoms with van der Waals surface area (Å²) >= 11 is 0. The van der Waals surface area contributed by atoms with Crippen molar-refractivity contribution in [3.63, 3.8) is 0 Å². The summed E-state index contributed by atoms with van der Waals surface area (Å²) in [5, 5.41) is 12.2. The maximum Gasteiger partial charge on any atom is 0.222 e. The Hall–Kier alpha value is -1.88. The zero-order chi connectivity index (χ0) is 15.9. The van der Waals surface area contributed by atoms with Crippen molar-refractivity contribution in [2.24, 2.45) is 5.92 Å². The van der Waals surface area contributed by atoms with Crippen LogP contribution in [0, 0.1) is 5.92 Å². The highest BCUT2D eigenvalue weighted by Crippen LogP contribution is 2.18. The first kappa shape index (κ1) is 16.5. The van der Waals surface area contributed by atoms with Crippen LogP contribution in [-0.2, 0) is 16.0 Å². The first-order valence-corrected chi connectivity index (χ1v) is 7.80. The highest BCUT2D eigenvalue weighted by molar-refractivity contribution is 5.77. The molecule has 2 unspecified atom stereocenters. The largest absolute Gasteiger partial charge is 0.396 e. The van der Waals surface area contributed by atoms with Gasteiger partial charge in [0.1, 0.15) is 0 Å². The van der Waals surface area contributed by atoms with Crippen LogP contribution >= 0.6 is 0 Å². The van der Waals surface area contributed by atoms with Gasteiger partial charge < -0.3 is 15.3 Å². The number of hydrogen-bond acceptors (Lipinski definition) is 3. The molecule has 2 atom stereocenters. The van der Waals surface area contributed by atoms with Gasteiger partial charge in [-0.15, -0.1) is 0 Å². The summed E-state index contributed by atoms with van der Waals surface area (Å²) in [6.07, 6.45) is 2.20. The molecule has 0 aromatic heterocycles. The van der Waals surface area contributed by atoms with E-state index in [9.17, 15) is 14.7 Å². The molecule has 2 N–H and O–H groups in total. The third-order valence-electron chi connectivity index (χ3n) is 4.12. The number of aryl methyl sites for hydroxylation is 1. The van der Waals surface area contributed by atoms with Crippen molar-refractivity contribution in [1.82, 2.24) is 10.2 Å². The van der Waals surface area contributed by atoms with Crippen molar-refractivity contribution >= 4 is 11.8 Å². The molecule has 1 heterocycles. The number of nitrogens with one attached hydrogen (secondary N) is 1. The zero-order valence-electron chi connectivity index (χ0n) is 13.0. The molecule has 1 fully saturated rings. The minimum atomic E-state index is -0.138. The molecule has 2 rings (SSSR count). The highest BCUT2D eigenvalue weighted by Gasteiger charge is 2.34. The molecule has 0 spiro atoms. The molecule has 0 bridgehead atoms. The molecule has 22 heavy (non-hydrogen) atoms. The number of rotatable bonds is 6. The van der Waals surface area contributed by atoms with Gasteiger partial charge in [0.2, 0.25) is 11.8 Å². The smallest absolute Gasteiger partial charge is 0.222 e. The number of hydrogen-bond donors (Lipinski definition) is 2. The lowest BCUT2D eigenvalue weighted by atomic mass is 10.1. The molecule has 1 aliphatic rings. The summed E-state index contributed by atoms with van der Waals surface area (Å²) in [7, 11) is 0. The van der Waals surface area contributed by atoms with Crippen molar-refractivity contribution in [2.45, 2.75) is 32.2 Å². The van der Waals surface area contributed by atoms with Crippen molar-refractivity contribution in [2.75, 3.05) is 19.7 Å².